The predicted octanol–water partition coefficient (Wildman–Crippen LogP) is 2.85. The number of nitrogens with two attached hydrogens (primary N) is 1. The molecule has 2 N–H and O–H groups in total. The highest BCUT2D eigenvalue weighted by atomic mass is 35.5. The van der Waals surface area contributed by atoms with Gasteiger partial charge in [-0.05, 0) is 37.5 Å². The minimum atomic E-state index is 0.485. The Morgan fingerprint density at radius 3 is 2.61 bits per heavy atom. The van der Waals surface area contributed by atoms with Crippen molar-refractivity contribution in [1.29, 1.82) is 0 Å². The maximum absolute atomic E-state index is 6.12. The third-order valence-electron chi connectivity index (χ3n) is 4.26. The zero-order valence-corrected chi connectivity index (χ0v) is 11.5. The van der Waals surface area contributed by atoms with Crippen molar-refractivity contribution in [3.05, 3.63) is 22.7 Å². The number of aryl methyl sites for hydroxylation is 1. The molecule has 98 valence electrons. The molecule has 0 aromatic heterocycles. The Hall–Kier alpha value is -0.930. The number of anilines is 2. The topological polar surface area (TPSA) is 38.5 Å². The number of hydrogen-bond donors (Lipinski definition) is 1. The Labute approximate surface area is 113 Å². The number of ether oxygens (including phenoxy) is 1. The fourth-order valence-corrected chi connectivity index (χ4v) is 3.25. The van der Waals surface area contributed by atoms with E-state index in [0.717, 1.165) is 26.3 Å². The van der Waals surface area contributed by atoms with E-state index in [1.807, 2.05) is 12.1 Å². The first kappa shape index (κ1) is 12.1. The molecule has 2 fully saturated rings. The largest absolute Gasteiger partial charge is 0.398 e. The monoisotopic (exact) mass is 266 g/mol. The number of benzene rings is 1. The normalized spacial score (nSPS) is 22.0. The molecule has 3 rings (SSSR count). The number of rotatable bonds is 1. The summed E-state index contributed by atoms with van der Waals surface area (Å²) in [5.74, 6) is 0. The van der Waals surface area contributed by atoms with Gasteiger partial charge in [-0.2, -0.15) is 0 Å². The molecule has 3 nitrogen and oxygen atoms in total. The van der Waals surface area contributed by atoms with Crippen LogP contribution in [0.25, 0.3) is 0 Å². The molecule has 1 aromatic rings. The van der Waals surface area contributed by atoms with E-state index in [4.69, 9.17) is 22.1 Å². The molecule has 0 bridgehead atoms. The lowest BCUT2D eigenvalue weighted by Crippen LogP contribution is -2.58. The zero-order chi connectivity index (χ0) is 12.8. The molecule has 0 saturated carbocycles. The first-order chi connectivity index (χ1) is 8.60. The summed E-state index contributed by atoms with van der Waals surface area (Å²) < 4.78 is 5.44. The number of halogens is 1. The van der Waals surface area contributed by atoms with Crippen molar-refractivity contribution >= 4 is 23.0 Å². The summed E-state index contributed by atoms with van der Waals surface area (Å²) in [5, 5.41) is 0.656. The zero-order valence-electron chi connectivity index (χ0n) is 10.7. The predicted molar refractivity (Wildman–Crippen MR) is 75.3 cm³/mol. The van der Waals surface area contributed by atoms with Crippen molar-refractivity contribution < 1.29 is 4.74 Å². The quantitative estimate of drug-likeness (QED) is 0.795. The standard InChI is InChI=1S/C14H19ClN2O/c1-10-6-12(16)11(15)7-13(10)17-8-14(9-17)2-4-18-5-3-14/h6-7H,2-5,8-9,16H2,1H3. The molecule has 2 saturated heterocycles. The van der Waals surface area contributed by atoms with Crippen molar-refractivity contribution in [2.75, 3.05) is 36.9 Å². The van der Waals surface area contributed by atoms with E-state index >= 15 is 0 Å². The van der Waals surface area contributed by atoms with Crippen LogP contribution >= 0.6 is 11.6 Å². The van der Waals surface area contributed by atoms with Crippen LogP contribution in [0, 0.1) is 12.3 Å². The first-order valence-corrected chi connectivity index (χ1v) is 6.86. The van der Waals surface area contributed by atoms with E-state index in [1.54, 1.807) is 0 Å². The molecule has 2 aliphatic rings. The summed E-state index contributed by atoms with van der Waals surface area (Å²) >= 11 is 6.12. The van der Waals surface area contributed by atoms with E-state index in [9.17, 15) is 0 Å². The Balaban J connectivity index is 1.76. The molecule has 0 atom stereocenters. The van der Waals surface area contributed by atoms with Gasteiger partial charge in [0.2, 0.25) is 0 Å². The van der Waals surface area contributed by atoms with Gasteiger partial charge >= 0.3 is 0 Å². The van der Waals surface area contributed by atoms with Crippen LogP contribution in [0.4, 0.5) is 11.4 Å². The van der Waals surface area contributed by atoms with Crippen molar-refractivity contribution in [1.82, 2.24) is 0 Å². The average molecular weight is 267 g/mol. The van der Waals surface area contributed by atoms with Crippen molar-refractivity contribution in [2.24, 2.45) is 5.41 Å². The van der Waals surface area contributed by atoms with Crippen molar-refractivity contribution in [2.45, 2.75) is 19.8 Å². The summed E-state index contributed by atoms with van der Waals surface area (Å²) in [7, 11) is 0. The van der Waals surface area contributed by atoms with E-state index in [2.05, 4.69) is 11.8 Å². The summed E-state index contributed by atoms with van der Waals surface area (Å²) in [6.07, 6.45) is 2.37. The molecule has 1 spiro atoms. The van der Waals surface area contributed by atoms with Crippen molar-refractivity contribution in [3.63, 3.8) is 0 Å². The van der Waals surface area contributed by atoms with Gasteiger partial charge in [0.1, 0.15) is 0 Å². The lowest BCUT2D eigenvalue weighted by molar-refractivity contribution is -0.000222. The molecule has 1 aromatic carbocycles. The van der Waals surface area contributed by atoms with E-state index in [-0.39, 0.29) is 0 Å². The van der Waals surface area contributed by atoms with Crippen LogP contribution in [-0.2, 0) is 4.74 Å². The highest BCUT2D eigenvalue weighted by molar-refractivity contribution is 6.33. The number of nitrogen functional groups attached to an aromatic ring is 1. The van der Waals surface area contributed by atoms with Gasteiger partial charge in [-0.3, -0.25) is 0 Å². The van der Waals surface area contributed by atoms with Gasteiger partial charge in [0.25, 0.3) is 0 Å². The van der Waals surface area contributed by atoms with Crippen LogP contribution in [-0.4, -0.2) is 26.3 Å². The average Bonchev–Trinajstić information content (AvgIpc) is 2.32. The second-order valence-electron chi connectivity index (χ2n) is 5.63. The van der Waals surface area contributed by atoms with Gasteiger partial charge < -0.3 is 15.4 Å². The summed E-state index contributed by atoms with van der Waals surface area (Å²) in [5.41, 5.74) is 9.40. The lowest BCUT2D eigenvalue weighted by atomic mass is 9.73. The van der Waals surface area contributed by atoms with Gasteiger partial charge in [-0.15, -0.1) is 0 Å². The fourth-order valence-electron chi connectivity index (χ4n) is 3.09. The Morgan fingerprint density at radius 2 is 1.94 bits per heavy atom. The highest BCUT2D eigenvalue weighted by Crippen LogP contribution is 2.43. The maximum Gasteiger partial charge on any atom is 0.0656 e. The molecule has 0 radical (unpaired) electrons. The van der Waals surface area contributed by atoms with Crippen LogP contribution < -0.4 is 10.6 Å². The number of hydrogen-bond acceptors (Lipinski definition) is 3. The summed E-state index contributed by atoms with van der Waals surface area (Å²) in [6.45, 7) is 6.16. The second kappa shape index (κ2) is 4.32. The molecule has 2 aliphatic heterocycles. The summed E-state index contributed by atoms with van der Waals surface area (Å²) in [6, 6.07) is 3.96. The van der Waals surface area contributed by atoms with Gasteiger partial charge in [-0.1, -0.05) is 11.6 Å². The third-order valence-corrected chi connectivity index (χ3v) is 4.59. The first-order valence-electron chi connectivity index (χ1n) is 6.48. The highest BCUT2D eigenvalue weighted by Gasteiger charge is 2.44. The molecule has 0 amide bonds. The second-order valence-corrected chi connectivity index (χ2v) is 6.04. The van der Waals surface area contributed by atoms with Crippen LogP contribution in [0.2, 0.25) is 5.02 Å². The summed E-state index contributed by atoms with van der Waals surface area (Å²) in [4.78, 5) is 2.41. The van der Waals surface area contributed by atoms with Gasteiger partial charge in [-0.25, -0.2) is 0 Å². The molecule has 2 heterocycles. The molecular weight excluding hydrogens is 248 g/mol. The van der Waals surface area contributed by atoms with E-state index < -0.39 is 0 Å². The van der Waals surface area contributed by atoms with Gasteiger partial charge in [0.05, 0.1) is 10.7 Å². The third kappa shape index (κ3) is 1.95. The van der Waals surface area contributed by atoms with Gasteiger partial charge in [0.15, 0.2) is 0 Å². The molecule has 0 aliphatic carbocycles. The van der Waals surface area contributed by atoms with Crippen molar-refractivity contribution in [3.8, 4) is 0 Å². The SMILES string of the molecule is Cc1cc(N)c(Cl)cc1N1CC2(CCOCC2)C1. The molecule has 0 unspecified atom stereocenters. The van der Waals surface area contributed by atoms with Crippen LogP contribution in [0.15, 0.2) is 12.1 Å². The molecule has 18 heavy (non-hydrogen) atoms. The Bertz CT molecular complexity index is 461. The molecule has 4 heteroatoms. The minimum Gasteiger partial charge on any atom is -0.398 e. The minimum absolute atomic E-state index is 0.485. The Kier molecular flexibility index (Phi) is 2.91. The van der Waals surface area contributed by atoms with Crippen LogP contribution in [0.3, 0.4) is 0 Å². The maximum atomic E-state index is 6.12. The van der Waals surface area contributed by atoms with E-state index in [0.29, 0.717) is 16.1 Å². The smallest absolute Gasteiger partial charge is 0.0656 e. The van der Waals surface area contributed by atoms with Gasteiger partial charge in [0, 0.05) is 37.4 Å². The van der Waals surface area contributed by atoms with Crippen LogP contribution in [0.1, 0.15) is 18.4 Å². The number of nitrogens with zero attached hydrogens (tertiary/aromatic N) is 1. The molecular formula is C14H19ClN2O. The lowest BCUT2D eigenvalue weighted by Gasteiger charge is -2.53. The van der Waals surface area contributed by atoms with Crippen LogP contribution in [0.5, 0.6) is 0 Å². The fraction of sp³-hybridized carbons (Fsp3) is 0.571. The Morgan fingerprint density at radius 1 is 1.28 bits per heavy atom. The van der Waals surface area contributed by atoms with E-state index in [1.165, 1.54) is 24.1 Å².